The van der Waals surface area contributed by atoms with E-state index < -0.39 is 5.91 Å². The highest BCUT2D eigenvalue weighted by Gasteiger charge is 2.27. The minimum Gasteiger partial charge on any atom is -0.382 e. The summed E-state index contributed by atoms with van der Waals surface area (Å²) in [6.07, 6.45) is 1.49. The molecule has 0 aromatic carbocycles. The van der Waals surface area contributed by atoms with E-state index in [9.17, 15) is 0 Å². The van der Waals surface area contributed by atoms with E-state index in [-0.39, 0.29) is 5.84 Å². The number of rotatable bonds is 0. The molecule has 12 heavy (non-hydrogen) atoms. The van der Waals surface area contributed by atoms with Crippen molar-refractivity contribution in [1.82, 2.24) is 9.97 Å². The van der Waals surface area contributed by atoms with Crippen molar-refractivity contribution in [2.45, 2.75) is 5.91 Å². The SMILES string of the molecule is NC1=NC(N)(N)Nc2nc[nH]c21. The number of nitrogens with one attached hydrogen (secondary N) is 2. The van der Waals surface area contributed by atoms with Gasteiger partial charge in [0.05, 0.1) is 6.33 Å². The summed E-state index contributed by atoms with van der Waals surface area (Å²) in [5.74, 6) is -0.578. The zero-order valence-electron chi connectivity index (χ0n) is 6.20. The summed E-state index contributed by atoms with van der Waals surface area (Å²) in [5.41, 5.74) is 17.1. The first-order valence-electron chi connectivity index (χ1n) is 3.33. The molecule has 0 radical (unpaired) electrons. The van der Waals surface area contributed by atoms with Gasteiger partial charge in [-0.15, -0.1) is 0 Å². The Balaban J connectivity index is 2.52. The van der Waals surface area contributed by atoms with E-state index in [2.05, 4.69) is 20.3 Å². The number of hydrogen-bond donors (Lipinski definition) is 5. The van der Waals surface area contributed by atoms with E-state index in [1.54, 1.807) is 0 Å². The Morgan fingerprint density at radius 1 is 1.42 bits per heavy atom. The zero-order valence-corrected chi connectivity index (χ0v) is 6.20. The van der Waals surface area contributed by atoms with Gasteiger partial charge in [0, 0.05) is 0 Å². The van der Waals surface area contributed by atoms with Crippen molar-refractivity contribution in [3.63, 3.8) is 0 Å². The molecule has 2 rings (SSSR count). The summed E-state index contributed by atoms with van der Waals surface area (Å²) >= 11 is 0. The lowest BCUT2D eigenvalue weighted by Gasteiger charge is -2.25. The van der Waals surface area contributed by atoms with Crippen molar-refractivity contribution in [1.29, 1.82) is 0 Å². The maximum absolute atomic E-state index is 5.55. The number of nitrogens with two attached hydrogens (primary N) is 3. The van der Waals surface area contributed by atoms with E-state index in [0.717, 1.165) is 0 Å². The molecule has 7 heteroatoms. The van der Waals surface area contributed by atoms with Gasteiger partial charge in [0.25, 0.3) is 0 Å². The highest BCUT2D eigenvalue weighted by atomic mass is 15.4. The Morgan fingerprint density at radius 2 is 2.17 bits per heavy atom. The van der Waals surface area contributed by atoms with Gasteiger partial charge in [-0.25, -0.2) is 9.98 Å². The van der Waals surface area contributed by atoms with Crippen LogP contribution in [0.15, 0.2) is 11.3 Å². The number of anilines is 1. The number of H-pyrrole nitrogens is 1. The molecule has 0 fully saturated rings. The fourth-order valence-corrected chi connectivity index (χ4v) is 1.06. The summed E-state index contributed by atoms with van der Waals surface area (Å²) in [4.78, 5) is 10.5. The minimum atomic E-state index is -1.35. The third-order valence-corrected chi connectivity index (χ3v) is 1.52. The van der Waals surface area contributed by atoms with Gasteiger partial charge in [-0.1, -0.05) is 0 Å². The molecule has 0 bridgehead atoms. The maximum atomic E-state index is 5.55. The first-order valence-corrected chi connectivity index (χ1v) is 3.33. The second-order valence-corrected chi connectivity index (χ2v) is 2.57. The number of aromatic amines is 1. The van der Waals surface area contributed by atoms with E-state index >= 15 is 0 Å². The largest absolute Gasteiger partial charge is 0.382 e. The lowest BCUT2D eigenvalue weighted by atomic mass is 10.3. The summed E-state index contributed by atoms with van der Waals surface area (Å²) in [7, 11) is 0. The average Bonchev–Trinajstić information content (AvgIpc) is 2.31. The lowest BCUT2D eigenvalue weighted by molar-refractivity contribution is 0.528. The monoisotopic (exact) mass is 167 g/mol. The topological polar surface area (TPSA) is 131 Å². The Kier molecular flexibility index (Phi) is 1.15. The second-order valence-electron chi connectivity index (χ2n) is 2.57. The molecule has 1 aliphatic rings. The number of amidine groups is 1. The van der Waals surface area contributed by atoms with Crippen molar-refractivity contribution in [2.75, 3.05) is 5.32 Å². The molecule has 7 nitrogen and oxygen atoms in total. The van der Waals surface area contributed by atoms with Crippen molar-refractivity contribution in [3.8, 4) is 0 Å². The van der Waals surface area contributed by atoms with Crippen molar-refractivity contribution < 1.29 is 0 Å². The molecule has 0 aliphatic carbocycles. The molecule has 0 saturated carbocycles. The molecule has 0 saturated heterocycles. The van der Waals surface area contributed by atoms with Crippen LogP contribution < -0.4 is 22.5 Å². The van der Waals surface area contributed by atoms with Crippen LogP contribution in [0.1, 0.15) is 5.69 Å². The molecule has 64 valence electrons. The van der Waals surface area contributed by atoms with Crippen LogP contribution in [0.25, 0.3) is 0 Å². The predicted octanol–water partition coefficient (Wildman–Crippen LogP) is -1.93. The van der Waals surface area contributed by atoms with Crippen LogP contribution in [0.3, 0.4) is 0 Å². The number of aliphatic imine (C=N–C) groups is 1. The molecular formula is C5H9N7. The van der Waals surface area contributed by atoms with Crippen molar-refractivity contribution in [3.05, 3.63) is 12.0 Å². The van der Waals surface area contributed by atoms with Gasteiger partial charge < -0.3 is 16.0 Å². The molecule has 0 atom stereocenters. The average molecular weight is 167 g/mol. The molecule has 1 aliphatic heterocycles. The predicted molar refractivity (Wildman–Crippen MR) is 44.0 cm³/mol. The number of hydrogen-bond acceptors (Lipinski definition) is 6. The molecular weight excluding hydrogens is 158 g/mol. The second kappa shape index (κ2) is 1.96. The van der Waals surface area contributed by atoms with Gasteiger partial charge in [-0.05, 0) is 0 Å². The Morgan fingerprint density at radius 3 is 2.92 bits per heavy atom. The molecule has 0 unspecified atom stereocenters. The summed E-state index contributed by atoms with van der Waals surface area (Å²) < 4.78 is 0. The van der Waals surface area contributed by atoms with Crippen LogP contribution in [0.5, 0.6) is 0 Å². The first-order chi connectivity index (χ1) is 5.58. The number of aromatic nitrogens is 2. The van der Waals surface area contributed by atoms with Crippen LogP contribution in [-0.2, 0) is 0 Å². The maximum Gasteiger partial charge on any atom is 0.242 e. The fraction of sp³-hybridized carbons (Fsp3) is 0.200. The minimum absolute atomic E-state index is 0.256. The van der Waals surface area contributed by atoms with Crippen LogP contribution in [0.2, 0.25) is 0 Å². The Labute approximate surface area is 68.0 Å². The van der Waals surface area contributed by atoms with Gasteiger partial charge in [-0.3, -0.25) is 11.5 Å². The van der Waals surface area contributed by atoms with E-state index in [1.807, 2.05) is 0 Å². The molecule has 2 heterocycles. The lowest BCUT2D eigenvalue weighted by Crippen LogP contribution is -2.57. The normalized spacial score (nSPS) is 19.3. The van der Waals surface area contributed by atoms with Gasteiger partial charge in [0.2, 0.25) is 5.91 Å². The van der Waals surface area contributed by atoms with Crippen molar-refractivity contribution in [2.24, 2.45) is 22.2 Å². The zero-order chi connectivity index (χ0) is 8.77. The molecule has 0 amide bonds. The third-order valence-electron chi connectivity index (χ3n) is 1.52. The van der Waals surface area contributed by atoms with E-state index in [0.29, 0.717) is 11.5 Å². The van der Waals surface area contributed by atoms with Gasteiger partial charge in [0.15, 0.2) is 11.7 Å². The number of fused-ring (bicyclic) bond motifs is 1. The Hall–Kier alpha value is -1.60. The summed E-state index contributed by atoms with van der Waals surface area (Å²) in [6, 6.07) is 0. The van der Waals surface area contributed by atoms with Crippen LogP contribution in [0, 0.1) is 0 Å². The number of imidazole rings is 1. The third kappa shape index (κ3) is 0.917. The van der Waals surface area contributed by atoms with Crippen LogP contribution in [0.4, 0.5) is 5.82 Å². The van der Waals surface area contributed by atoms with Gasteiger partial charge in [-0.2, -0.15) is 0 Å². The number of nitrogens with zero attached hydrogens (tertiary/aromatic N) is 2. The Bertz CT molecular complexity index is 335. The smallest absolute Gasteiger partial charge is 0.242 e. The van der Waals surface area contributed by atoms with Gasteiger partial charge >= 0.3 is 0 Å². The molecule has 0 spiro atoms. The quantitative estimate of drug-likeness (QED) is 0.287. The molecule has 8 N–H and O–H groups in total. The highest BCUT2D eigenvalue weighted by Crippen LogP contribution is 2.16. The molecule has 1 aromatic heterocycles. The van der Waals surface area contributed by atoms with E-state index in [4.69, 9.17) is 17.2 Å². The van der Waals surface area contributed by atoms with Gasteiger partial charge in [0.1, 0.15) is 5.69 Å². The summed E-state index contributed by atoms with van der Waals surface area (Å²) in [6.45, 7) is 0. The van der Waals surface area contributed by atoms with Crippen LogP contribution >= 0.6 is 0 Å². The molecule has 1 aromatic rings. The standard InChI is InChI=1S/C5H9N7/c6-3-2-4(10-1-9-2)12-5(7,8)11-3/h1,12H,7-8H2,(H2,6,11)(H,9,10). The summed E-state index contributed by atoms with van der Waals surface area (Å²) in [5, 5.41) is 2.69. The highest BCUT2D eigenvalue weighted by molar-refractivity contribution is 6.01. The fourth-order valence-electron chi connectivity index (χ4n) is 1.06. The van der Waals surface area contributed by atoms with E-state index in [1.165, 1.54) is 6.33 Å². The van der Waals surface area contributed by atoms with Crippen molar-refractivity contribution >= 4 is 11.7 Å². The van der Waals surface area contributed by atoms with Crippen LogP contribution in [-0.4, -0.2) is 21.7 Å². The first kappa shape index (κ1) is 7.07.